The Hall–Kier alpha value is -2.94. The van der Waals surface area contributed by atoms with Crippen LogP contribution in [0.5, 0.6) is 0 Å². The molecule has 7 rings (SSSR count). The van der Waals surface area contributed by atoms with Crippen LogP contribution in [0.3, 0.4) is 0 Å². The van der Waals surface area contributed by atoms with Gasteiger partial charge in [-0.05, 0) is 56.4 Å². The number of ketones is 1. The molecule has 9 atom stereocenters. The summed E-state index contributed by atoms with van der Waals surface area (Å²) in [7, 11) is 0. The average molecular weight is 558 g/mol. The van der Waals surface area contributed by atoms with Gasteiger partial charge in [0.25, 0.3) is 0 Å². The van der Waals surface area contributed by atoms with Gasteiger partial charge < -0.3 is 19.7 Å². The lowest BCUT2D eigenvalue weighted by Gasteiger charge is -2.76. The molecule has 1 spiro atoms. The summed E-state index contributed by atoms with van der Waals surface area (Å²) >= 11 is 0. The average Bonchev–Trinajstić information content (AvgIpc) is 3.39. The lowest BCUT2D eigenvalue weighted by Crippen LogP contribution is -2.81. The molecule has 3 fully saturated rings. The molecule has 9 unspecified atom stereocenters. The van der Waals surface area contributed by atoms with Gasteiger partial charge >= 0.3 is 0 Å². The minimum atomic E-state index is -1.55. The lowest BCUT2D eigenvalue weighted by atomic mass is 9.27. The van der Waals surface area contributed by atoms with Gasteiger partial charge in [-0.15, -0.1) is 5.10 Å². The quantitative estimate of drug-likeness (QED) is 0.309. The molecular weight excluding hydrogens is 518 g/mol. The second-order valence-electron chi connectivity index (χ2n) is 14.1. The van der Waals surface area contributed by atoms with Crippen molar-refractivity contribution in [2.75, 3.05) is 0 Å². The Morgan fingerprint density at radius 1 is 1.20 bits per heavy atom. The summed E-state index contributed by atoms with van der Waals surface area (Å²) in [6.07, 6.45) is 6.90. The molecule has 5 aliphatic carbocycles. The van der Waals surface area contributed by atoms with E-state index in [1.54, 1.807) is 13.8 Å². The summed E-state index contributed by atoms with van der Waals surface area (Å²) in [4.78, 5) is 27.1. The van der Waals surface area contributed by atoms with Crippen LogP contribution >= 0.6 is 0 Å². The van der Waals surface area contributed by atoms with E-state index in [-0.39, 0.29) is 30.0 Å². The molecule has 0 amide bonds. The number of ether oxygens (including phenoxy) is 1. The zero-order chi connectivity index (χ0) is 29.1. The third-order valence-electron chi connectivity index (χ3n) is 11.3. The number of Topliss-reactive ketones (excluding diaryl/α,β-unsaturated/α-hetero) is 1. The molecule has 1 aromatic carbocycles. The monoisotopic (exact) mass is 557 g/mol. The zero-order valence-corrected chi connectivity index (χ0v) is 24.3. The first-order chi connectivity index (χ1) is 19.4. The van der Waals surface area contributed by atoms with E-state index >= 15 is 0 Å². The molecule has 8 nitrogen and oxygen atoms in total. The van der Waals surface area contributed by atoms with Gasteiger partial charge in [-0.3, -0.25) is 4.79 Å². The molecule has 2 N–H and O–H groups in total. The van der Waals surface area contributed by atoms with E-state index in [0.29, 0.717) is 0 Å². The first-order valence-corrected chi connectivity index (χ1v) is 14.8. The first-order valence-electron chi connectivity index (χ1n) is 14.8. The predicted octanol–water partition coefficient (Wildman–Crippen LogP) is 4.30. The molecule has 216 valence electrons. The molecule has 3 saturated carbocycles. The van der Waals surface area contributed by atoms with Gasteiger partial charge in [0.1, 0.15) is 18.1 Å². The van der Waals surface area contributed by atoms with Crippen molar-refractivity contribution in [2.45, 2.75) is 77.9 Å². The molecule has 0 bridgehead atoms. The van der Waals surface area contributed by atoms with Crippen molar-refractivity contribution >= 4 is 12.1 Å². The standard InChI is InChI=1S/C33H39N3O5/c1-18-20-11-12-22-32(15-16-37)23(36-17-21(34-35-36)19-9-7-6-8-10-19)13-14-30(2,3)27(32)26(38)29(41-31(4,5)40)33(22)25(20)24(18)28(33)39/h6-10,13-14,16-17,20,22-23,25-27,29,38,40H,11-12,15H2,1-5H3. The van der Waals surface area contributed by atoms with Crippen molar-refractivity contribution in [2.24, 2.45) is 39.9 Å². The normalized spacial score (nSPS) is 40.2. The Balaban J connectivity index is 1.45. The van der Waals surface area contributed by atoms with Crippen LogP contribution in [0.15, 0.2) is 59.8 Å². The summed E-state index contributed by atoms with van der Waals surface area (Å²) in [5.74, 6) is -2.01. The Morgan fingerprint density at radius 3 is 2.61 bits per heavy atom. The van der Waals surface area contributed by atoms with E-state index < -0.39 is 46.2 Å². The van der Waals surface area contributed by atoms with Crippen molar-refractivity contribution in [3.63, 3.8) is 0 Å². The smallest absolute Gasteiger partial charge is 0.168 e. The number of aliphatic hydroxyl groups excluding tert-OH is 1. The number of carbonyl (C=O) groups excluding carboxylic acids is 2. The summed E-state index contributed by atoms with van der Waals surface area (Å²) in [5.41, 5.74) is 1.31. The fourth-order valence-electron chi connectivity index (χ4n) is 10.2. The molecule has 0 saturated heterocycles. The van der Waals surface area contributed by atoms with Gasteiger partial charge in [0.2, 0.25) is 0 Å². The third-order valence-corrected chi connectivity index (χ3v) is 11.3. The van der Waals surface area contributed by atoms with Gasteiger partial charge in [-0.25, -0.2) is 4.68 Å². The number of hydrogen-bond acceptors (Lipinski definition) is 7. The highest BCUT2D eigenvalue weighted by molar-refractivity contribution is 6.12. The highest BCUT2D eigenvalue weighted by atomic mass is 16.6. The van der Waals surface area contributed by atoms with Gasteiger partial charge in [-0.1, -0.05) is 67.1 Å². The van der Waals surface area contributed by atoms with E-state index in [1.165, 1.54) is 0 Å². The first kappa shape index (κ1) is 26.9. The van der Waals surface area contributed by atoms with Crippen molar-refractivity contribution in [1.82, 2.24) is 15.0 Å². The summed E-state index contributed by atoms with van der Waals surface area (Å²) in [5, 5.41) is 32.4. The summed E-state index contributed by atoms with van der Waals surface area (Å²) in [6, 6.07) is 9.42. The van der Waals surface area contributed by atoms with Crippen molar-refractivity contribution in [1.29, 1.82) is 0 Å². The van der Waals surface area contributed by atoms with E-state index in [1.807, 2.05) is 48.1 Å². The Kier molecular flexibility index (Phi) is 5.62. The maximum absolute atomic E-state index is 14.4. The maximum atomic E-state index is 14.4. The topological polar surface area (TPSA) is 115 Å². The van der Waals surface area contributed by atoms with Crippen LogP contribution in [-0.2, 0) is 14.3 Å². The molecule has 0 aliphatic heterocycles. The highest BCUT2D eigenvalue weighted by Crippen LogP contribution is 2.79. The number of carbonyl (C=O) groups is 2. The van der Waals surface area contributed by atoms with Crippen LogP contribution in [0.4, 0.5) is 0 Å². The second kappa shape index (κ2) is 8.55. The Labute approximate surface area is 240 Å². The van der Waals surface area contributed by atoms with Crippen LogP contribution < -0.4 is 0 Å². The number of aldehydes is 1. The zero-order valence-electron chi connectivity index (χ0n) is 24.3. The molecule has 41 heavy (non-hydrogen) atoms. The lowest BCUT2D eigenvalue weighted by molar-refractivity contribution is -0.330. The van der Waals surface area contributed by atoms with Crippen LogP contribution in [0.25, 0.3) is 11.3 Å². The maximum Gasteiger partial charge on any atom is 0.168 e. The molecule has 2 aromatic rings. The molecular formula is C33H39N3O5. The van der Waals surface area contributed by atoms with Crippen molar-refractivity contribution in [3.8, 4) is 11.3 Å². The van der Waals surface area contributed by atoms with E-state index in [9.17, 15) is 19.8 Å². The van der Waals surface area contributed by atoms with Gasteiger partial charge in [0.15, 0.2) is 11.6 Å². The largest absolute Gasteiger partial charge is 0.390 e. The van der Waals surface area contributed by atoms with Crippen molar-refractivity contribution < 1.29 is 24.5 Å². The van der Waals surface area contributed by atoms with Gasteiger partial charge in [0, 0.05) is 29.2 Å². The number of nitrogens with zero attached hydrogens (tertiary/aromatic N) is 3. The van der Waals surface area contributed by atoms with Gasteiger partial charge in [0.05, 0.1) is 23.8 Å². The Bertz CT molecular complexity index is 1490. The highest BCUT2D eigenvalue weighted by Gasteiger charge is 2.83. The number of aliphatic hydroxyl groups is 2. The fourth-order valence-corrected chi connectivity index (χ4v) is 10.2. The number of benzene rings is 1. The van der Waals surface area contributed by atoms with E-state index in [2.05, 4.69) is 36.3 Å². The molecule has 0 radical (unpaired) electrons. The molecule has 1 heterocycles. The number of hydrogen-bond donors (Lipinski definition) is 2. The summed E-state index contributed by atoms with van der Waals surface area (Å²) < 4.78 is 8.18. The van der Waals surface area contributed by atoms with E-state index in [0.717, 1.165) is 41.5 Å². The summed E-state index contributed by atoms with van der Waals surface area (Å²) in [6.45, 7) is 9.32. The Morgan fingerprint density at radius 2 is 1.93 bits per heavy atom. The number of fused-ring (bicyclic) bond motifs is 2. The fraction of sp³-hybridized carbons (Fsp3) is 0.576. The SMILES string of the molecule is CC1=C2C(=O)C34C(OC(C)(C)O)C(O)C5C(C)(C)C=CC(n6cc(-c7ccccc7)nn6)C5(CC=O)C3CCC1C24. The number of rotatable bonds is 6. The van der Waals surface area contributed by atoms with Crippen LogP contribution in [0, 0.1) is 39.9 Å². The molecule has 1 aromatic heterocycles. The molecule has 8 heteroatoms. The van der Waals surface area contributed by atoms with Crippen LogP contribution in [0.1, 0.15) is 59.9 Å². The molecule has 5 aliphatic rings. The van der Waals surface area contributed by atoms with Crippen LogP contribution in [-0.4, -0.2) is 55.3 Å². The van der Waals surface area contributed by atoms with Crippen molar-refractivity contribution in [3.05, 3.63) is 59.8 Å². The third kappa shape index (κ3) is 3.27. The predicted molar refractivity (Wildman–Crippen MR) is 151 cm³/mol. The number of aromatic nitrogens is 3. The van der Waals surface area contributed by atoms with Crippen LogP contribution in [0.2, 0.25) is 0 Å². The minimum Gasteiger partial charge on any atom is -0.390 e. The second-order valence-corrected chi connectivity index (χ2v) is 14.1. The van der Waals surface area contributed by atoms with E-state index in [4.69, 9.17) is 4.74 Å². The number of allylic oxidation sites excluding steroid dienone is 4. The minimum absolute atomic E-state index is 0.0210. The van der Waals surface area contributed by atoms with Gasteiger partial charge in [-0.2, -0.15) is 0 Å².